The van der Waals surface area contributed by atoms with Crippen LogP contribution in [0.15, 0.2) is 24.3 Å². The predicted octanol–water partition coefficient (Wildman–Crippen LogP) is 4.87. The van der Waals surface area contributed by atoms with E-state index in [1.54, 1.807) is 0 Å². The molecule has 0 aromatic heterocycles. The van der Waals surface area contributed by atoms with E-state index in [0.717, 1.165) is 31.4 Å². The van der Waals surface area contributed by atoms with Gasteiger partial charge in [0.25, 0.3) is 0 Å². The quantitative estimate of drug-likeness (QED) is 0.678. The van der Waals surface area contributed by atoms with Crippen LogP contribution in [0.2, 0.25) is 0 Å². The second-order valence-corrected chi connectivity index (χ2v) is 7.47. The summed E-state index contributed by atoms with van der Waals surface area (Å²) in [6.07, 6.45) is -2.18. The van der Waals surface area contributed by atoms with E-state index in [1.165, 1.54) is 12.1 Å². The molecule has 0 unspecified atom stereocenters. The van der Waals surface area contributed by atoms with Crippen LogP contribution in [0.3, 0.4) is 0 Å². The molecule has 1 fully saturated rings. The van der Waals surface area contributed by atoms with Gasteiger partial charge in [0.2, 0.25) is 0 Å². The number of hydrogen-bond acceptors (Lipinski definition) is 4. The fourth-order valence-corrected chi connectivity index (χ4v) is 3.56. The number of benzene rings is 1. The predicted molar refractivity (Wildman–Crippen MR) is 92.9 cm³/mol. The molecule has 7 heteroatoms. The fraction of sp³-hybridized carbons (Fsp3) is 0.600. The van der Waals surface area contributed by atoms with Crippen LogP contribution >= 0.6 is 0 Å². The Morgan fingerprint density at radius 1 is 1.19 bits per heavy atom. The molecule has 0 spiro atoms. The molecular weight excluding hydrogens is 361 g/mol. The van der Waals surface area contributed by atoms with E-state index in [0.29, 0.717) is 11.8 Å². The summed E-state index contributed by atoms with van der Waals surface area (Å²) >= 11 is 0. The van der Waals surface area contributed by atoms with Crippen LogP contribution in [0, 0.1) is 17.8 Å². The number of ether oxygens (including phenoxy) is 2. The minimum Gasteiger partial charge on any atom is -0.460 e. The van der Waals surface area contributed by atoms with Crippen LogP contribution in [0.1, 0.15) is 56.0 Å². The highest BCUT2D eigenvalue weighted by Gasteiger charge is 2.36. The summed E-state index contributed by atoms with van der Waals surface area (Å²) in [6, 6.07) is 4.31. The van der Waals surface area contributed by atoms with Gasteiger partial charge in [-0.1, -0.05) is 39.3 Å². The van der Waals surface area contributed by atoms with E-state index < -0.39 is 35.8 Å². The Bertz CT molecular complexity index is 669. The largest absolute Gasteiger partial charge is 0.460 e. The zero-order valence-electron chi connectivity index (χ0n) is 15.7. The average Bonchev–Trinajstić information content (AvgIpc) is 2.58. The summed E-state index contributed by atoms with van der Waals surface area (Å²) in [6.45, 7) is 5.51. The van der Waals surface area contributed by atoms with Crippen LogP contribution in [-0.4, -0.2) is 24.6 Å². The molecule has 3 atom stereocenters. The van der Waals surface area contributed by atoms with Gasteiger partial charge in [0.05, 0.1) is 11.1 Å². The third-order valence-corrected chi connectivity index (χ3v) is 5.02. The molecule has 0 heterocycles. The molecule has 27 heavy (non-hydrogen) atoms. The summed E-state index contributed by atoms with van der Waals surface area (Å²) in [5, 5.41) is 0. The van der Waals surface area contributed by atoms with Crippen LogP contribution in [0.5, 0.6) is 0 Å². The number of alkyl halides is 3. The SMILES string of the molecule is CC(C)[C@H]1CC[C@@H](C)C[C@@H]1OC(=O)COC(=O)c1ccccc1C(F)(F)F. The second kappa shape index (κ2) is 8.76. The van der Waals surface area contributed by atoms with Gasteiger partial charge < -0.3 is 9.47 Å². The molecule has 1 saturated carbocycles. The van der Waals surface area contributed by atoms with Gasteiger partial charge in [-0.2, -0.15) is 13.2 Å². The Hall–Kier alpha value is -2.05. The lowest BCUT2D eigenvalue weighted by atomic mass is 9.75. The lowest BCUT2D eigenvalue weighted by molar-refractivity contribution is -0.159. The summed E-state index contributed by atoms with van der Waals surface area (Å²) < 4.78 is 49.2. The number of rotatable bonds is 5. The van der Waals surface area contributed by atoms with Crippen molar-refractivity contribution in [2.75, 3.05) is 6.61 Å². The van der Waals surface area contributed by atoms with Crippen molar-refractivity contribution in [2.24, 2.45) is 17.8 Å². The smallest absolute Gasteiger partial charge is 0.417 e. The molecule has 1 aliphatic carbocycles. The first-order chi connectivity index (χ1) is 12.6. The van der Waals surface area contributed by atoms with Crippen LogP contribution < -0.4 is 0 Å². The monoisotopic (exact) mass is 386 g/mol. The van der Waals surface area contributed by atoms with E-state index >= 15 is 0 Å². The maximum absolute atomic E-state index is 13.0. The summed E-state index contributed by atoms with van der Waals surface area (Å²) in [5.41, 5.74) is -1.71. The summed E-state index contributed by atoms with van der Waals surface area (Å²) in [4.78, 5) is 24.1. The van der Waals surface area contributed by atoms with Gasteiger partial charge in [-0.15, -0.1) is 0 Å². The zero-order chi connectivity index (χ0) is 20.2. The number of hydrogen-bond donors (Lipinski definition) is 0. The van der Waals surface area contributed by atoms with Crippen molar-refractivity contribution >= 4 is 11.9 Å². The first-order valence-corrected chi connectivity index (χ1v) is 9.12. The molecule has 0 N–H and O–H groups in total. The van der Waals surface area contributed by atoms with E-state index in [4.69, 9.17) is 9.47 Å². The van der Waals surface area contributed by atoms with Crippen molar-refractivity contribution in [3.8, 4) is 0 Å². The van der Waals surface area contributed by atoms with Crippen LogP contribution in [-0.2, 0) is 20.4 Å². The summed E-state index contributed by atoms with van der Waals surface area (Å²) in [7, 11) is 0. The lowest BCUT2D eigenvalue weighted by Crippen LogP contribution is -2.36. The Balaban J connectivity index is 1.96. The molecule has 0 bridgehead atoms. The lowest BCUT2D eigenvalue weighted by Gasteiger charge is -2.36. The van der Waals surface area contributed by atoms with E-state index in [-0.39, 0.29) is 12.0 Å². The maximum atomic E-state index is 13.0. The number of carbonyl (C=O) groups is 2. The third-order valence-electron chi connectivity index (χ3n) is 5.02. The van der Waals surface area contributed by atoms with E-state index in [1.807, 2.05) is 0 Å². The van der Waals surface area contributed by atoms with Gasteiger partial charge in [-0.3, -0.25) is 0 Å². The molecule has 2 rings (SSSR count). The Kier molecular flexibility index (Phi) is 6.89. The Labute approximate surface area is 157 Å². The minimum absolute atomic E-state index is 0.229. The molecule has 0 radical (unpaired) electrons. The number of carbonyl (C=O) groups excluding carboxylic acids is 2. The second-order valence-electron chi connectivity index (χ2n) is 7.47. The standard InChI is InChI=1S/C20H25F3O4/c1-12(2)14-9-8-13(3)10-17(14)27-18(24)11-26-19(25)15-6-4-5-7-16(15)20(21,22)23/h4-7,12-14,17H,8-11H2,1-3H3/t13-,14-,17+/m1/s1. The van der Waals surface area contributed by atoms with Crippen molar-refractivity contribution < 1.29 is 32.2 Å². The topological polar surface area (TPSA) is 52.6 Å². The number of esters is 2. The molecule has 1 aromatic rings. The molecule has 1 aromatic carbocycles. The van der Waals surface area contributed by atoms with Crippen molar-refractivity contribution in [3.05, 3.63) is 35.4 Å². The van der Waals surface area contributed by atoms with Gasteiger partial charge in [-0.25, -0.2) is 9.59 Å². The molecule has 0 aliphatic heterocycles. The van der Waals surface area contributed by atoms with E-state index in [9.17, 15) is 22.8 Å². The highest BCUT2D eigenvalue weighted by Crippen LogP contribution is 2.35. The van der Waals surface area contributed by atoms with Gasteiger partial charge >= 0.3 is 18.1 Å². The van der Waals surface area contributed by atoms with Crippen LogP contribution in [0.4, 0.5) is 13.2 Å². The highest BCUT2D eigenvalue weighted by atomic mass is 19.4. The van der Waals surface area contributed by atoms with E-state index in [2.05, 4.69) is 20.8 Å². The highest BCUT2D eigenvalue weighted by molar-refractivity contribution is 5.92. The Morgan fingerprint density at radius 2 is 1.85 bits per heavy atom. The first-order valence-electron chi connectivity index (χ1n) is 9.12. The van der Waals surface area contributed by atoms with Crippen molar-refractivity contribution in [1.29, 1.82) is 0 Å². The molecule has 150 valence electrons. The van der Waals surface area contributed by atoms with Crippen LogP contribution in [0.25, 0.3) is 0 Å². The van der Waals surface area contributed by atoms with Crippen molar-refractivity contribution in [1.82, 2.24) is 0 Å². The minimum atomic E-state index is -4.68. The molecular formula is C20H25F3O4. The van der Waals surface area contributed by atoms with Gasteiger partial charge in [0, 0.05) is 0 Å². The molecule has 0 saturated heterocycles. The molecule has 4 nitrogen and oxygen atoms in total. The van der Waals surface area contributed by atoms with Gasteiger partial charge in [-0.05, 0) is 42.7 Å². The van der Waals surface area contributed by atoms with Crippen molar-refractivity contribution in [3.63, 3.8) is 0 Å². The fourth-order valence-electron chi connectivity index (χ4n) is 3.56. The number of halogens is 3. The molecule has 1 aliphatic rings. The normalized spacial score (nSPS) is 23.1. The first kappa shape index (κ1) is 21.3. The average molecular weight is 386 g/mol. The summed E-state index contributed by atoms with van der Waals surface area (Å²) in [5.74, 6) is -0.933. The zero-order valence-corrected chi connectivity index (χ0v) is 15.7. The maximum Gasteiger partial charge on any atom is 0.417 e. The third kappa shape index (κ3) is 5.71. The van der Waals surface area contributed by atoms with Gasteiger partial charge in [0.1, 0.15) is 6.10 Å². The Morgan fingerprint density at radius 3 is 2.48 bits per heavy atom. The van der Waals surface area contributed by atoms with Crippen molar-refractivity contribution in [2.45, 2.75) is 52.3 Å². The molecule has 0 amide bonds. The van der Waals surface area contributed by atoms with Gasteiger partial charge in [0.15, 0.2) is 6.61 Å².